The van der Waals surface area contributed by atoms with Crippen LogP contribution >= 0.6 is 0 Å². The van der Waals surface area contributed by atoms with Gasteiger partial charge in [-0.05, 0) is 42.9 Å². The number of alkyl halides is 3. The van der Waals surface area contributed by atoms with E-state index in [-0.39, 0.29) is 29.9 Å². The molecule has 0 aliphatic heterocycles. The Kier molecular flexibility index (Phi) is 4.74. The maximum Gasteiger partial charge on any atom is 0.433 e. The lowest BCUT2D eigenvalue weighted by Crippen LogP contribution is -2.26. The highest BCUT2D eigenvalue weighted by Gasteiger charge is 2.33. The van der Waals surface area contributed by atoms with E-state index in [0.717, 1.165) is 18.9 Å². The number of aromatic nitrogens is 2. The standard InChI is InChI=1S/C18H18F3N3O/c1-11-8-15(18(19,20)21)24-16(23-11)10-22-17(25)9-13-7-6-12-4-2-3-5-14(12)13/h2-5,8,13H,6-7,9-10H2,1H3,(H,22,25)/t13-/m1/s1. The summed E-state index contributed by atoms with van der Waals surface area (Å²) >= 11 is 0. The predicted molar refractivity (Wildman–Crippen MR) is 85.7 cm³/mol. The molecule has 1 heterocycles. The largest absolute Gasteiger partial charge is 0.433 e. The van der Waals surface area contributed by atoms with Gasteiger partial charge in [0.15, 0.2) is 0 Å². The van der Waals surface area contributed by atoms with Gasteiger partial charge in [-0.3, -0.25) is 4.79 Å². The van der Waals surface area contributed by atoms with Gasteiger partial charge in [-0.25, -0.2) is 9.97 Å². The molecule has 1 amide bonds. The van der Waals surface area contributed by atoms with Gasteiger partial charge in [-0.1, -0.05) is 24.3 Å². The Hall–Kier alpha value is -2.44. The molecule has 0 unspecified atom stereocenters. The van der Waals surface area contributed by atoms with E-state index < -0.39 is 11.9 Å². The normalized spacial score (nSPS) is 16.6. The van der Waals surface area contributed by atoms with Crippen molar-refractivity contribution in [2.24, 2.45) is 0 Å². The van der Waals surface area contributed by atoms with Crippen molar-refractivity contribution in [3.8, 4) is 0 Å². The molecule has 4 nitrogen and oxygen atoms in total. The van der Waals surface area contributed by atoms with Crippen LogP contribution in [0.5, 0.6) is 0 Å². The van der Waals surface area contributed by atoms with Gasteiger partial charge in [0, 0.05) is 12.1 Å². The van der Waals surface area contributed by atoms with Crippen LogP contribution in [0, 0.1) is 6.92 Å². The van der Waals surface area contributed by atoms with E-state index in [1.807, 2.05) is 18.2 Å². The summed E-state index contributed by atoms with van der Waals surface area (Å²) in [5.41, 5.74) is 1.67. The van der Waals surface area contributed by atoms with Crippen LogP contribution in [0.4, 0.5) is 13.2 Å². The molecule has 7 heteroatoms. The van der Waals surface area contributed by atoms with Gasteiger partial charge in [-0.2, -0.15) is 13.2 Å². The zero-order valence-electron chi connectivity index (χ0n) is 13.7. The smallest absolute Gasteiger partial charge is 0.349 e. The van der Waals surface area contributed by atoms with Crippen LogP contribution in [0.1, 0.15) is 47.1 Å². The SMILES string of the molecule is Cc1cc(C(F)(F)F)nc(CNC(=O)C[C@H]2CCc3ccccc32)n1. The summed E-state index contributed by atoms with van der Waals surface area (Å²) in [4.78, 5) is 19.6. The van der Waals surface area contributed by atoms with Gasteiger partial charge >= 0.3 is 6.18 Å². The summed E-state index contributed by atoms with van der Waals surface area (Å²) in [5, 5.41) is 2.63. The average Bonchev–Trinajstić information content (AvgIpc) is 2.95. The maximum atomic E-state index is 12.8. The van der Waals surface area contributed by atoms with Gasteiger partial charge in [0.2, 0.25) is 5.91 Å². The molecule has 1 aromatic carbocycles. The molecule has 1 aromatic heterocycles. The highest BCUT2D eigenvalue weighted by molar-refractivity contribution is 5.77. The number of benzene rings is 1. The molecule has 25 heavy (non-hydrogen) atoms. The zero-order chi connectivity index (χ0) is 18.0. The minimum atomic E-state index is -4.53. The van der Waals surface area contributed by atoms with E-state index in [9.17, 15) is 18.0 Å². The van der Waals surface area contributed by atoms with Gasteiger partial charge in [0.1, 0.15) is 11.5 Å². The van der Waals surface area contributed by atoms with Gasteiger partial charge in [0.25, 0.3) is 0 Å². The van der Waals surface area contributed by atoms with Crippen molar-refractivity contribution in [2.45, 2.75) is 44.8 Å². The molecule has 0 saturated carbocycles. The number of aryl methyl sites for hydroxylation is 2. The molecule has 2 aromatic rings. The first kappa shape index (κ1) is 17.4. The summed E-state index contributed by atoms with van der Waals surface area (Å²) in [6.07, 6.45) is -2.36. The molecular weight excluding hydrogens is 331 g/mol. The first-order valence-electron chi connectivity index (χ1n) is 8.09. The summed E-state index contributed by atoms with van der Waals surface area (Å²) in [5.74, 6) is -0.0896. The molecule has 1 aliphatic rings. The Morgan fingerprint density at radius 2 is 2.04 bits per heavy atom. The maximum absolute atomic E-state index is 12.8. The van der Waals surface area contributed by atoms with Crippen molar-refractivity contribution in [3.63, 3.8) is 0 Å². The number of hydrogen-bond acceptors (Lipinski definition) is 3. The van der Waals surface area contributed by atoms with Crippen LogP contribution in [0.3, 0.4) is 0 Å². The third-order valence-corrected chi connectivity index (χ3v) is 4.32. The van der Waals surface area contributed by atoms with Crippen LogP contribution in [0.25, 0.3) is 0 Å². The fourth-order valence-electron chi connectivity index (χ4n) is 3.19. The highest BCUT2D eigenvalue weighted by atomic mass is 19.4. The number of carbonyl (C=O) groups excluding carboxylic acids is 1. The van der Waals surface area contributed by atoms with E-state index >= 15 is 0 Å². The van der Waals surface area contributed by atoms with E-state index in [4.69, 9.17) is 0 Å². The minimum Gasteiger partial charge on any atom is -0.349 e. The van der Waals surface area contributed by atoms with Crippen LogP contribution in [0.2, 0.25) is 0 Å². The lowest BCUT2D eigenvalue weighted by molar-refractivity contribution is -0.141. The zero-order valence-corrected chi connectivity index (χ0v) is 13.7. The van der Waals surface area contributed by atoms with Crippen molar-refractivity contribution in [1.29, 1.82) is 0 Å². The molecule has 3 rings (SSSR count). The second-order valence-corrected chi connectivity index (χ2v) is 6.22. The van der Waals surface area contributed by atoms with Gasteiger partial charge < -0.3 is 5.32 Å². The molecule has 132 valence electrons. The summed E-state index contributed by atoms with van der Waals surface area (Å²) in [7, 11) is 0. The summed E-state index contributed by atoms with van der Waals surface area (Å²) in [6, 6.07) is 8.91. The first-order chi connectivity index (χ1) is 11.8. The van der Waals surface area contributed by atoms with Crippen LogP contribution in [-0.4, -0.2) is 15.9 Å². The second-order valence-electron chi connectivity index (χ2n) is 6.22. The molecule has 1 N–H and O–H groups in total. The average molecular weight is 349 g/mol. The quantitative estimate of drug-likeness (QED) is 0.919. The molecule has 1 aliphatic carbocycles. The lowest BCUT2D eigenvalue weighted by Gasteiger charge is -2.12. The number of carbonyl (C=O) groups is 1. The van der Waals surface area contributed by atoms with Crippen molar-refractivity contribution < 1.29 is 18.0 Å². The van der Waals surface area contributed by atoms with Crippen molar-refractivity contribution in [3.05, 3.63) is 58.7 Å². The second kappa shape index (κ2) is 6.82. The number of nitrogens with one attached hydrogen (secondary N) is 1. The first-order valence-corrected chi connectivity index (χ1v) is 8.09. The van der Waals surface area contributed by atoms with Crippen LogP contribution in [0.15, 0.2) is 30.3 Å². The lowest BCUT2D eigenvalue weighted by atomic mass is 9.97. The molecule has 0 spiro atoms. The van der Waals surface area contributed by atoms with E-state index in [2.05, 4.69) is 21.4 Å². The Morgan fingerprint density at radius 3 is 2.80 bits per heavy atom. The summed E-state index contributed by atoms with van der Waals surface area (Å²) < 4.78 is 38.3. The van der Waals surface area contributed by atoms with E-state index in [1.165, 1.54) is 18.1 Å². The Labute approximate surface area is 143 Å². The predicted octanol–water partition coefficient (Wildman–Crippen LogP) is 3.54. The molecule has 0 bridgehead atoms. The number of rotatable bonds is 4. The number of fused-ring (bicyclic) bond motifs is 1. The number of amides is 1. The Bertz CT molecular complexity index is 789. The van der Waals surface area contributed by atoms with Crippen molar-refractivity contribution in [1.82, 2.24) is 15.3 Å². The van der Waals surface area contributed by atoms with Gasteiger partial charge in [0.05, 0.1) is 6.54 Å². The third-order valence-electron chi connectivity index (χ3n) is 4.32. The van der Waals surface area contributed by atoms with Crippen molar-refractivity contribution >= 4 is 5.91 Å². The van der Waals surface area contributed by atoms with Gasteiger partial charge in [-0.15, -0.1) is 0 Å². The van der Waals surface area contributed by atoms with Crippen LogP contribution in [-0.2, 0) is 23.9 Å². The topological polar surface area (TPSA) is 54.9 Å². The fourth-order valence-corrected chi connectivity index (χ4v) is 3.19. The highest BCUT2D eigenvalue weighted by Crippen LogP contribution is 2.35. The fraction of sp³-hybridized carbons (Fsp3) is 0.389. The summed E-state index contributed by atoms with van der Waals surface area (Å²) in [6.45, 7) is 1.36. The number of nitrogens with zero attached hydrogens (tertiary/aromatic N) is 2. The van der Waals surface area contributed by atoms with E-state index in [0.29, 0.717) is 6.42 Å². The molecule has 0 fully saturated rings. The molecule has 1 atom stereocenters. The number of halogens is 3. The van der Waals surface area contributed by atoms with Crippen molar-refractivity contribution in [2.75, 3.05) is 0 Å². The van der Waals surface area contributed by atoms with E-state index in [1.54, 1.807) is 0 Å². The third kappa shape index (κ3) is 4.15. The molecule has 0 saturated heterocycles. The number of hydrogen-bond donors (Lipinski definition) is 1. The Morgan fingerprint density at radius 1 is 1.28 bits per heavy atom. The monoisotopic (exact) mass is 349 g/mol. The molecule has 0 radical (unpaired) electrons. The molecular formula is C18H18F3N3O. The van der Waals surface area contributed by atoms with Crippen LogP contribution < -0.4 is 5.32 Å². The minimum absolute atomic E-state index is 0.0347. The Balaban J connectivity index is 1.61.